The number of rotatable bonds is 12. The number of fused-ring (bicyclic) bond motifs is 3. The first-order valence-electron chi connectivity index (χ1n) is 26.4. The molecule has 2 saturated carbocycles. The number of nitro groups is 1. The van der Waals surface area contributed by atoms with Crippen molar-refractivity contribution in [2.75, 3.05) is 74.3 Å². The number of aromatic amines is 1. The lowest BCUT2D eigenvalue weighted by Gasteiger charge is -2.57. The van der Waals surface area contributed by atoms with Crippen molar-refractivity contribution in [3.63, 3.8) is 0 Å². The number of piperidine rings is 1. The summed E-state index contributed by atoms with van der Waals surface area (Å²) in [4.78, 5) is 40.7. The fourth-order valence-electron chi connectivity index (χ4n) is 12.8. The van der Waals surface area contributed by atoms with Gasteiger partial charge in [-0.3, -0.25) is 19.8 Å². The van der Waals surface area contributed by atoms with Gasteiger partial charge in [-0.2, -0.15) is 4.98 Å². The van der Waals surface area contributed by atoms with E-state index < -0.39 is 42.9 Å². The number of aliphatic hydroxyl groups is 1. The lowest BCUT2D eigenvalue weighted by molar-refractivity contribution is -0.384. The third kappa shape index (κ3) is 9.81. The standard InChI is InChI=1S/C55H67FN8O9S/c1-34(2)40-6-4-5-7-41(40)50-33-72-23-21-62(50)38-27-55(28-38)17-19-61(20-18-55)37-8-10-42(47(24-37)63-46-14-22-71-31-36(46)32-73-53-49(63)26-43-44(56)30-58-51(43)59-53)52(65)60-74(69,70)39-9-11-45(48(25-39)64(67)68)57-29-35-12-15-54(3,66)16-13-35/h4-11,24-26,30,34-36,38,46,50,57,66H,12-23,27-29,31-33H2,1-3H3,(H,58,59)(H,60,65)/t35?,36-,46+,50+,54?/m1/s1. The zero-order chi connectivity index (χ0) is 51.5. The van der Waals surface area contributed by atoms with E-state index in [1.54, 1.807) is 12.1 Å². The molecule has 3 atom stereocenters. The van der Waals surface area contributed by atoms with E-state index in [4.69, 9.17) is 19.2 Å². The summed E-state index contributed by atoms with van der Waals surface area (Å²) in [5.41, 5.74) is 3.88. The van der Waals surface area contributed by atoms with Crippen molar-refractivity contribution in [2.45, 2.75) is 113 Å². The van der Waals surface area contributed by atoms with Crippen LogP contribution in [0, 0.1) is 33.2 Å². The number of nitrogens with one attached hydrogen (secondary N) is 3. The van der Waals surface area contributed by atoms with Crippen molar-refractivity contribution in [1.29, 1.82) is 0 Å². The molecule has 0 unspecified atom stereocenters. The molecule has 1 amide bonds. The molecule has 394 valence electrons. The number of H-pyrrole nitrogens is 1. The maximum absolute atomic E-state index is 15.4. The third-order valence-electron chi connectivity index (χ3n) is 17.1. The highest BCUT2D eigenvalue weighted by Crippen LogP contribution is 2.54. The number of carbonyl (C=O) groups is 1. The Morgan fingerprint density at radius 2 is 1.73 bits per heavy atom. The van der Waals surface area contributed by atoms with Crippen LogP contribution in [0.25, 0.3) is 11.0 Å². The van der Waals surface area contributed by atoms with Gasteiger partial charge in [-0.05, 0) is 129 Å². The molecule has 5 aromatic rings. The summed E-state index contributed by atoms with van der Waals surface area (Å²) in [5.74, 6) is -0.839. The largest absolute Gasteiger partial charge is 0.476 e. The van der Waals surface area contributed by atoms with E-state index in [0.717, 1.165) is 76.5 Å². The van der Waals surface area contributed by atoms with Crippen molar-refractivity contribution in [1.82, 2.24) is 19.6 Å². The van der Waals surface area contributed by atoms with Crippen LogP contribution < -0.4 is 24.6 Å². The first kappa shape index (κ1) is 50.3. The number of halogens is 1. The predicted molar refractivity (Wildman–Crippen MR) is 279 cm³/mol. The number of aromatic nitrogens is 2. The van der Waals surface area contributed by atoms with E-state index in [1.165, 1.54) is 29.5 Å². The number of pyridine rings is 1. The first-order chi connectivity index (χ1) is 35.6. The van der Waals surface area contributed by atoms with Gasteiger partial charge < -0.3 is 39.4 Å². The highest BCUT2D eigenvalue weighted by atomic mass is 32.2. The topological polar surface area (TPSA) is 205 Å². The van der Waals surface area contributed by atoms with Crippen LogP contribution in [0.15, 0.2) is 77.8 Å². The molecule has 19 heteroatoms. The molecular weight excluding hydrogens is 968 g/mol. The molecule has 5 fully saturated rings. The normalized spacial score (nSPS) is 25.4. The summed E-state index contributed by atoms with van der Waals surface area (Å²) < 4.78 is 64.5. The number of nitro benzene ring substituents is 1. The lowest BCUT2D eigenvalue weighted by atomic mass is 9.59. The summed E-state index contributed by atoms with van der Waals surface area (Å²) >= 11 is 0. The number of hydrogen-bond acceptors (Lipinski definition) is 14. The van der Waals surface area contributed by atoms with Gasteiger partial charge in [0, 0.05) is 68.7 Å². The Bertz CT molecular complexity index is 3030. The molecule has 2 aromatic heterocycles. The molecule has 4 aliphatic heterocycles. The van der Waals surface area contributed by atoms with Gasteiger partial charge in [0.2, 0.25) is 5.88 Å². The Morgan fingerprint density at radius 1 is 0.959 bits per heavy atom. The van der Waals surface area contributed by atoms with Gasteiger partial charge in [0.1, 0.15) is 22.8 Å². The molecule has 0 radical (unpaired) electrons. The molecule has 3 saturated heterocycles. The van der Waals surface area contributed by atoms with Gasteiger partial charge in [-0.1, -0.05) is 38.1 Å². The zero-order valence-electron chi connectivity index (χ0n) is 42.4. The van der Waals surface area contributed by atoms with Gasteiger partial charge in [-0.25, -0.2) is 17.5 Å². The van der Waals surface area contributed by atoms with Crippen LogP contribution in [0.4, 0.5) is 32.8 Å². The maximum atomic E-state index is 15.4. The lowest BCUT2D eigenvalue weighted by Crippen LogP contribution is -2.58. The smallest absolute Gasteiger partial charge is 0.293 e. The molecule has 17 nitrogen and oxygen atoms in total. The second kappa shape index (κ2) is 20.0. The minimum atomic E-state index is -4.68. The number of amides is 1. The molecule has 11 rings (SSSR count). The van der Waals surface area contributed by atoms with E-state index >= 15 is 4.39 Å². The van der Waals surface area contributed by atoms with Crippen LogP contribution in [0.2, 0.25) is 0 Å². The summed E-state index contributed by atoms with van der Waals surface area (Å²) in [6, 6.07) is 19.8. The van der Waals surface area contributed by atoms with Gasteiger partial charge >= 0.3 is 0 Å². The van der Waals surface area contributed by atoms with Crippen molar-refractivity contribution in [3.05, 3.63) is 106 Å². The summed E-state index contributed by atoms with van der Waals surface area (Å²) in [6.07, 6.45) is 8.68. The summed E-state index contributed by atoms with van der Waals surface area (Å²) in [7, 11) is -4.68. The molecule has 6 heterocycles. The monoisotopic (exact) mass is 1030 g/mol. The van der Waals surface area contributed by atoms with Crippen molar-refractivity contribution in [3.8, 4) is 5.88 Å². The number of nitrogens with zero attached hydrogens (tertiary/aromatic N) is 5. The average molecular weight is 1040 g/mol. The van der Waals surface area contributed by atoms with Crippen LogP contribution in [0.5, 0.6) is 5.88 Å². The summed E-state index contributed by atoms with van der Waals surface area (Å²) in [6.45, 7) is 11.6. The van der Waals surface area contributed by atoms with Crippen LogP contribution in [0.1, 0.15) is 112 Å². The predicted octanol–water partition coefficient (Wildman–Crippen LogP) is 8.96. The minimum absolute atomic E-state index is 0.0266. The molecule has 2 aliphatic carbocycles. The Labute approximate surface area is 431 Å². The Hall–Kier alpha value is -5.86. The SMILES string of the molecule is CC(C)c1ccccc1[C@@H]1COCCN1C1CC2(CCN(c3ccc(C(=O)NS(=O)(=O)c4ccc(NCC5CCC(C)(O)CC5)c([N+](=O)[O-])c4)c(N4c5cc6c(F)c[nH]c6nc5OC[C@H]5COCC[C@@H]54)c3)CC2)C1. The molecule has 3 aromatic carbocycles. The number of ether oxygens (including phenoxy) is 3. The van der Waals surface area contributed by atoms with Gasteiger partial charge in [0.25, 0.3) is 21.6 Å². The minimum Gasteiger partial charge on any atom is -0.476 e. The van der Waals surface area contributed by atoms with E-state index in [1.807, 2.05) is 24.0 Å². The molecular formula is C55H67FN8O9S. The summed E-state index contributed by atoms with van der Waals surface area (Å²) in [5, 5.41) is 26.2. The van der Waals surface area contributed by atoms with Gasteiger partial charge in [0.05, 0.1) is 64.5 Å². The third-order valence-corrected chi connectivity index (χ3v) is 18.4. The van der Waals surface area contributed by atoms with Crippen molar-refractivity contribution < 1.29 is 41.8 Å². The molecule has 0 bridgehead atoms. The van der Waals surface area contributed by atoms with Crippen LogP contribution in [-0.4, -0.2) is 116 Å². The van der Waals surface area contributed by atoms with E-state index in [0.29, 0.717) is 74.6 Å². The van der Waals surface area contributed by atoms with Crippen molar-refractivity contribution in [2.24, 2.45) is 17.3 Å². The van der Waals surface area contributed by atoms with Gasteiger partial charge in [-0.15, -0.1) is 0 Å². The Balaban J connectivity index is 0.882. The van der Waals surface area contributed by atoms with Crippen LogP contribution in [0.3, 0.4) is 0 Å². The second-order valence-corrected chi connectivity index (χ2v) is 24.0. The number of benzene rings is 3. The van der Waals surface area contributed by atoms with Crippen LogP contribution in [-0.2, 0) is 19.5 Å². The van der Waals surface area contributed by atoms with Gasteiger partial charge in [0.15, 0.2) is 0 Å². The fraction of sp³-hybridized carbons (Fsp3) is 0.527. The number of hydrogen-bond donors (Lipinski definition) is 4. The molecule has 74 heavy (non-hydrogen) atoms. The number of sulfonamides is 1. The quantitative estimate of drug-likeness (QED) is 0.0681. The molecule has 1 spiro atoms. The number of morpholine rings is 1. The maximum Gasteiger partial charge on any atom is 0.293 e. The fourth-order valence-corrected chi connectivity index (χ4v) is 13.8. The number of carbonyl (C=O) groups excluding carboxylic acids is 1. The highest BCUT2D eigenvalue weighted by molar-refractivity contribution is 7.90. The second-order valence-electron chi connectivity index (χ2n) is 22.3. The zero-order valence-corrected chi connectivity index (χ0v) is 43.2. The van der Waals surface area contributed by atoms with E-state index in [9.17, 15) is 28.4 Å². The number of anilines is 4. The van der Waals surface area contributed by atoms with Crippen LogP contribution >= 0.6 is 0 Å². The first-order valence-corrected chi connectivity index (χ1v) is 27.8. The Kier molecular flexibility index (Phi) is 13.6. The molecule has 4 N–H and O–H groups in total. The highest BCUT2D eigenvalue weighted by Gasteiger charge is 2.50. The van der Waals surface area contributed by atoms with E-state index in [-0.39, 0.29) is 58.5 Å². The average Bonchev–Trinajstić information content (AvgIpc) is 3.66. The molecule has 6 aliphatic rings. The Morgan fingerprint density at radius 3 is 2.50 bits per heavy atom. The van der Waals surface area contributed by atoms with Crippen molar-refractivity contribution >= 4 is 55.4 Å². The van der Waals surface area contributed by atoms with E-state index in [2.05, 4.69) is 62.9 Å².